The number of hydrogen-bond acceptors (Lipinski definition) is 2. The molecule has 82 valence electrons. The molecule has 0 radical (unpaired) electrons. The zero-order valence-corrected chi connectivity index (χ0v) is 9.66. The number of likely N-dealkylation sites (tertiary alicyclic amines) is 1. The molecule has 1 aliphatic rings. The van der Waals surface area contributed by atoms with Gasteiger partial charge in [0, 0.05) is 33.2 Å². The molecule has 14 heavy (non-hydrogen) atoms. The second kappa shape index (κ2) is 4.64. The van der Waals surface area contributed by atoms with Crippen LogP contribution in [0.2, 0.25) is 0 Å². The Kier molecular flexibility index (Phi) is 3.75. The zero-order valence-electron chi connectivity index (χ0n) is 9.66. The van der Waals surface area contributed by atoms with Crippen molar-refractivity contribution in [2.75, 3.05) is 41.3 Å². The fourth-order valence-electron chi connectivity index (χ4n) is 1.86. The number of urea groups is 1. The van der Waals surface area contributed by atoms with Crippen LogP contribution >= 0.6 is 0 Å². The average Bonchev–Trinajstić information content (AvgIpc) is 2.16. The van der Waals surface area contributed by atoms with Gasteiger partial charge in [0.2, 0.25) is 0 Å². The highest BCUT2D eigenvalue weighted by molar-refractivity contribution is 5.73. The largest absolute Gasteiger partial charge is 0.331 e. The normalized spacial score (nSPS) is 18.8. The Morgan fingerprint density at radius 1 is 1.14 bits per heavy atom. The summed E-state index contributed by atoms with van der Waals surface area (Å²) >= 11 is 0. The van der Waals surface area contributed by atoms with E-state index in [0.717, 1.165) is 25.9 Å². The molecule has 0 unspecified atom stereocenters. The maximum atomic E-state index is 11.6. The third-order valence-corrected chi connectivity index (χ3v) is 2.85. The molecular formula is C10H21N3O. The van der Waals surface area contributed by atoms with E-state index in [-0.39, 0.29) is 6.03 Å². The summed E-state index contributed by atoms with van der Waals surface area (Å²) in [5, 5.41) is 0. The summed E-state index contributed by atoms with van der Waals surface area (Å²) in [4.78, 5) is 17.4. The highest BCUT2D eigenvalue weighted by atomic mass is 16.2. The van der Waals surface area contributed by atoms with E-state index in [1.165, 1.54) is 0 Å². The van der Waals surface area contributed by atoms with E-state index in [0.29, 0.717) is 6.04 Å². The summed E-state index contributed by atoms with van der Waals surface area (Å²) in [7, 11) is 7.82. The first-order valence-electron chi connectivity index (χ1n) is 5.15. The van der Waals surface area contributed by atoms with Crippen LogP contribution in [0.25, 0.3) is 0 Å². The molecule has 1 rings (SSSR count). The van der Waals surface area contributed by atoms with Gasteiger partial charge in [-0.2, -0.15) is 0 Å². The van der Waals surface area contributed by atoms with Crippen LogP contribution in [0, 0.1) is 0 Å². The van der Waals surface area contributed by atoms with E-state index in [1.807, 2.05) is 4.90 Å². The van der Waals surface area contributed by atoms with Crippen LogP contribution in [0.15, 0.2) is 0 Å². The van der Waals surface area contributed by atoms with Crippen molar-refractivity contribution >= 4 is 6.03 Å². The molecule has 0 saturated carbocycles. The van der Waals surface area contributed by atoms with Crippen molar-refractivity contribution in [3.63, 3.8) is 0 Å². The lowest BCUT2D eigenvalue weighted by atomic mass is 10.0. The third-order valence-electron chi connectivity index (χ3n) is 2.85. The minimum Gasteiger partial charge on any atom is -0.331 e. The van der Waals surface area contributed by atoms with Crippen molar-refractivity contribution in [3.05, 3.63) is 0 Å². The van der Waals surface area contributed by atoms with Gasteiger partial charge in [-0.15, -0.1) is 0 Å². The number of piperidine rings is 1. The van der Waals surface area contributed by atoms with E-state index in [4.69, 9.17) is 0 Å². The minimum atomic E-state index is 0.141. The number of rotatable bonds is 1. The van der Waals surface area contributed by atoms with Gasteiger partial charge >= 0.3 is 6.03 Å². The molecule has 1 aliphatic heterocycles. The molecule has 1 fully saturated rings. The summed E-state index contributed by atoms with van der Waals surface area (Å²) in [6.45, 7) is 1.78. The molecule has 0 N–H and O–H groups in total. The van der Waals surface area contributed by atoms with E-state index in [2.05, 4.69) is 19.0 Å². The Bertz CT molecular complexity index is 196. The van der Waals surface area contributed by atoms with Crippen LogP contribution in [0.3, 0.4) is 0 Å². The van der Waals surface area contributed by atoms with Gasteiger partial charge in [-0.25, -0.2) is 4.79 Å². The summed E-state index contributed by atoms with van der Waals surface area (Å²) in [5.41, 5.74) is 0. The Morgan fingerprint density at radius 2 is 1.64 bits per heavy atom. The summed E-state index contributed by atoms with van der Waals surface area (Å²) in [6.07, 6.45) is 2.18. The quantitative estimate of drug-likeness (QED) is 0.621. The van der Waals surface area contributed by atoms with Gasteiger partial charge in [-0.05, 0) is 26.9 Å². The van der Waals surface area contributed by atoms with Crippen molar-refractivity contribution < 1.29 is 4.79 Å². The van der Waals surface area contributed by atoms with E-state index in [1.54, 1.807) is 19.0 Å². The van der Waals surface area contributed by atoms with Gasteiger partial charge in [0.05, 0.1) is 0 Å². The average molecular weight is 199 g/mol. The van der Waals surface area contributed by atoms with Crippen LogP contribution in [0.1, 0.15) is 12.8 Å². The predicted octanol–water partition coefficient (Wildman–Crippen LogP) is 0.694. The maximum absolute atomic E-state index is 11.6. The van der Waals surface area contributed by atoms with Crippen molar-refractivity contribution in [2.45, 2.75) is 18.9 Å². The monoisotopic (exact) mass is 199 g/mol. The first-order chi connectivity index (χ1) is 6.52. The number of nitrogens with zero attached hydrogens (tertiary/aromatic N) is 3. The van der Waals surface area contributed by atoms with Gasteiger partial charge < -0.3 is 14.7 Å². The second-order valence-electron chi connectivity index (χ2n) is 4.36. The Labute approximate surface area is 86.5 Å². The Hall–Kier alpha value is -0.770. The van der Waals surface area contributed by atoms with Crippen molar-refractivity contribution in [1.82, 2.24) is 14.7 Å². The lowest BCUT2D eigenvalue weighted by Crippen LogP contribution is -2.47. The van der Waals surface area contributed by atoms with Crippen LogP contribution in [-0.2, 0) is 0 Å². The topological polar surface area (TPSA) is 26.8 Å². The SMILES string of the molecule is CN(C)C(=O)N1CCC(N(C)C)CC1. The molecule has 0 aromatic rings. The van der Waals surface area contributed by atoms with Gasteiger partial charge in [0.1, 0.15) is 0 Å². The number of carbonyl (C=O) groups excluding carboxylic acids is 1. The first kappa shape index (κ1) is 11.3. The molecule has 0 spiro atoms. The van der Waals surface area contributed by atoms with Gasteiger partial charge in [-0.3, -0.25) is 0 Å². The van der Waals surface area contributed by atoms with Crippen LogP contribution in [0.5, 0.6) is 0 Å². The van der Waals surface area contributed by atoms with E-state index < -0.39 is 0 Å². The molecular weight excluding hydrogens is 178 g/mol. The number of amides is 2. The van der Waals surface area contributed by atoms with Crippen LogP contribution < -0.4 is 0 Å². The minimum absolute atomic E-state index is 0.141. The standard InChI is InChI=1S/C10H21N3O/c1-11(2)9-5-7-13(8-6-9)10(14)12(3)4/h9H,5-8H2,1-4H3. The van der Waals surface area contributed by atoms with Crippen LogP contribution in [0.4, 0.5) is 4.79 Å². The number of hydrogen-bond donors (Lipinski definition) is 0. The highest BCUT2D eigenvalue weighted by Gasteiger charge is 2.24. The van der Waals surface area contributed by atoms with Crippen molar-refractivity contribution in [1.29, 1.82) is 0 Å². The van der Waals surface area contributed by atoms with E-state index >= 15 is 0 Å². The van der Waals surface area contributed by atoms with Gasteiger partial charge in [0.15, 0.2) is 0 Å². The second-order valence-corrected chi connectivity index (χ2v) is 4.36. The first-order valence-corrected chi connectivity index (χ1v) is 5.15. The Balaban J connectivity index is 2.39. The molecule has 0 bridgehead atoms. The van der Waals surface area contributed by atoms with Gasteiger partial charge in [0.25, 0.3) is 0 Å². The summed E-state index contributed by atoms with van der Waals surface area (Å²) < 4.78 is 0. The molecule has 4 nitrogen and oxygen atoms in total. The van der Waals surface area contributed by atoms with Gasteiger partial charge in [-0.1, -0.05) is 0 Å². The Morgan fingerprint density at radius 3 is 2.00 bits per heavy atom. The lowest BCUT2D eigenvalue weighted by molar-refractivity contribution is 0.131. The molecule has 2 amide bonds. The molecule has 4 heteroatoms. The lowest BCUT2D eigenvalue weighted by Gasteiger charge is -2.36. The summed E-state index contributed by atoms with van der Waals surface area (Å²) in [5.74, 6) is 0. The molecule has 1 heterocycles. The van der Waals surface area contributed by atoms with Crippen LogP contribution in [-0.4, -0.2) is 68.1 Å². The predicted molar refractivity (Wildman–Crippen MR) is 57.4 cm³/mol. The molecule has 0 aromatic carbocycles. The fourth-order valence-corrected chi connectivity index (χ4v) is 1.86. The number of carbonyl (C=O) groups is 1. The fraction of sp³-hybridized carbons (Fsp3) is 0.900. The molecule has 1 saturated heterocycles. The molecule has 0 aliphatic carbocycles. The molecule has 0 aromatic heterocycles. The zero-order chi connectivity index (χ0) is 10.7. The highest BCUT2D eigenvalue weighted by Crippen LogP contribution is 2.14. The van der Waals surface area contributed by atoms with Crippen molar-refractivity contribution in [2.24, 2.45) is 0 Å². The maximum Gasteiger partial charge on any atom is 0.319 e. The summed E-state index contributed by atoms with van der Waals surface area (Å²) in [6, 6.07) is 0.781. The van der Waals surface area contributed by atoms with Crippen molar-refractivity contribution in [3.8, 4) is 0 Å². The van der Waals surface area contributed by atoms with E-state index in [9.17, 15) is 4.79 Å². The molecule has 0 atom stereocenters. The smallest absolute Gasteiger partial charge is 0.319 e. The third kappa shape index (κ3) is 2.61.